The predicted molar refractivity (Wildman–Crippen MR) is 151 cm³/mol. The first-order chi connectivity index (χ1) is 19.2. The second-order valence-corrected chi connectivity index (χ2v) is 10.3. The van der Waals surface area contributed by atoms with Gasteiger partial charge in [0.05, 0.1) is 34.0 Å². The zero-order chi connectivity index (χ0) is 28.6. The number of hydrogen-bond donors (Lipinski definition) is 3. The Kier molecular flexibility index (Phi) is 7.59. The van der Waals surface area contributed by atoms with Gasteiger partial charge in [0.1, 0.15) is 12.2 Å². The Morgan fingerprint density at radius 2 is 1.82 bits per heavy atom. The molecule has 0 bridgehead atoms. The van der Waals surface area contributed by atoms with Gasteiger partial charge in [-0.3, -0.25) is 19.5 Å². The molecule has 2 aromatic heterocycles. The first-order valence-corrected chi connectivity index (χ1v) is 13.3. The van der Waals surface area contributed by atoms with E-state index < -0.39 is 0 Å². The zero-order valence-electron chi connectivity index (χ0n) is 21.9. The van der Waals surface area contributed by atoms with Crippen LogP contribution in [-0.4, -0.2) is 54.5 Å². The van der Waals surface area contributed by atoms with Crippen LogP contribution in [0.15, 0.2) is 53.6 Å². The van der Waals surface area contributed by atoms with Crippen LogP contribution in [0.3, 0.4) is 0 Å². The molecule has 0 aliphatic carbocycles. The summed E-state index contributed by atoms with van der Waals surface area (Å²) in [6, 6.07) is 10.8. The Morgan fingerprint density at radius 3 is 2.48 bits per heavy atom. The molecule has 40 heavy (non-hydrogen) atoms. The molecule has 0 saturated heterocycles. The van der Waals surface area contributed by atoms with E-state index in [1.54, 1.807) is 48.3 Å². The van der Waals surface area contributed by atoms with Crippen LogP contribution in [0.2, 0.25) is 10.0 Å². The van der Waals surface area contributed by atoms with E-state index in [9.17, 15) is 14.4 Å². The molecule has 0 fully saturated rings. The summed E-state index contributed by atoms with van der Waals surface area (Å²) >= 11 is 12.2. The number of rotatable bonds is 6. The number of nitrogens with zero attached hydrogens (tertiary/aromatic N) is 5. The van der Waals surface area contributed by atoms with Crippen molar-refractivity contribution in [2.75, 3.05) is 12.4 Å². The van der Waals surface area contributed by atoms with Crippen molar-refractivity contribution >= 4 is 41.0 Å². The van der Waals surface area contributed by atoms with Crippen molar-refractivity contribution in [3.8, 4) is 5.69 Å². The number of amides is 2. The largest absolute Gasteiger partial charge is 0.355 e. The van der Waals surface area contributed by atoms with Gasteiger partial charge in [0.25, 0.3) is 17.4 Å². The van der Waals surface area contributed by atoms with Crippen molar-refractivity contribution in [2.24, 2.45) is 0 Å². The number of carbonyl (C=O) groups excluding carboxylic acids is 2. The van der Waals surface area contributed by atoms with E-state index in [0.717, 1.165) is 0 Å². The predicted octanol–water partition coefficient (Wildman–Crippen LogP) is 3.78. The molecule has 1 aliphatic rings. The van der Waals surface area contributed by atoms with Crippen molar-refractivity contribution in [1.82, 2.24) is 34.9 Å². The lowest BCUT2D eigenvalue weighted by Crippen LogP contribution is -2.46. The van der Waals surface area contributed by atoms with Crippen LogP contribution in [-0.2, 0) is 13.0 Å². The highest BCUT2D eigenvalue weighted by atomic mass is 35.5. The highest BCUT2D eigenvalue weighted by Crippen LogP contribution is 2.28. The lowest BCUT2D eigenvalue weighted by atomic mass is 9.98. The van der Waals surface area contributed by atoms with Gasteiger partial charge < -0.3 is 15.5 Å². The van der Waals surface area contributed by atoms with E-state index in [1.807, 2.05) is 13.8 Å². The Hall–Kier alpha value is -4.22. The Balaban J connectivity index is 1.57. The number of nitrogens with one attached hydrogen (secondary N) is 3. The van der Waals surface area contributed by atoms with Crippen LogP contribution in [0.1, 0.15) is 57.7 Å². The van der Waals surface area contributed by atoms with Gasteiger partial charge >= 0.3 is 0 Å². The van der Waals surface area contributed by atoms with Gasteiger partial charge in [-0.15, -0.1) is 0 Å². The van der Waals surface area contributed by atoms with Crippen LogP contribution >= 0.6 is 23.2 Å². The van der Waals surface area contributed by atoms with E-state index in [4.69, 9.17) is 28.2 Å². The van der Waals surface area contributed by atoms with Crippen molar-refractivity contribution < 1.29 is 9.59 Å². The van der Waals surface area contributed by atoms with Crippen molar-refractivity contribution in [3.05, 3.63) is 97.4 Å². The van der Waals surface area contributed by atoms with E-state index in [0.29, 0.717) is 45.3 Å². The van der Waals surface area contributed by atoms with Crippen LogP contribution in [0, 0.1) is 0 Å². The molecule has 2 amide bonds. The molecule has 2 aromatic carbocycles. The summed E-state index contributed by atoms with van der Waals surface area (Å²) in [5, 5.41) is 13.2. The quantitative estimate of drug-likeness (QED) is 0.315. The highest BCUT2D eigenvalue weighted by molar-refractivity contribution is 6.42. The number of anilines is 1. The lowest BCUT2D eigenvalue weighted by molar-refractivity contribution is 0.0653. The topological polar surface area (TPSA) is 138 Å². The molecule has 11 nitrogen and oxygen atoms in total. The fraction of sp³-hybridized carbons (Fsp3) is 0.259. The van der Waals surface area contributed by atoms with Gasteiger partial charge in [-0.1, -0.05) is 23.2 Å². The second kappa shape index (κ2) is 11.1. The number of hydrogen-bond acceptors (Lipinski definition) is 7. The number of fused-ring (bicyclic) bond motifs is 1. The minimum absolute atomic E-state index is 0.132. The van der Waals surface area contributed by atoms with Crippen molar-refractivity contribution in [2.45, 2.75) is 38.9 Å². The van der Waals surface area contributed by atoms with Crippen LogP contribution in [0.25, 0.3) is 5.69 Å². The maximum atomic E-state index is 14.0. The fourth-order valence-electron chi connectivity index (χ4n) is 4.65. The normalized spacial score (nSPS) is 15.3. The minimum Gasteiger partial charge on any atom is -0.355 e. The van der Waals surface area contributed by atoms with Gasteiger partial charge in [-0.2, -0.15) is 5.10 Å². The van der Waals surface area contributed by atoms with Gasteiger partial charge in [-0.05, 0) is 62.7 Å². The number of aromatic amines is 1. The molecule has 3 heterocycles. The van der Waals surface area contributed by atoms with Crippen LogP contribution < -0.4 is 16.2 Å². The summed E-state index contributed by atoms with van der Waals surface area (Å²) < 4.78 is 1.47. The molecule has 0 spiro atoms. The Bertz CT molecular complexity index is 1640. The third kappa shape index (κ3) is 5.17. The van der Waals surface area contributed by atoms with Gasteiger partial charge in [-0.25, -0.2) is 14.5 Å². The third-order valence-electron chi connectivity index (χ3n) is 6.85. The Morgan fingerprint density at radius 1 is 1.10 bits per heavy atom. The number of halogens is 2. The Labute approximate surface area is 239 Å². The molecule has 0 unspecified atom stereocenters. The van der Waals surface area contributed by atoms with E-state index in [1.165, 1.54) is 17.0 Å². The highest BCUT2D eigenvalue weighted by Gasteiger charge is 2.32. The average Bonchev–Trinajstić information content (AvgIpc) is 3.50. The molecular weight excluding hydrogens is 555 g/mol. The van der Waals surface area contributed by atoms with Gasteiger partial charge in [0.2, 0.25) is 5.95 Å². The maximum Gasteiger partial charge on any atom is 0.263 e. The molecule has 5 rings (SSSR count). The molecule has 0 saturated carbocycles. The van der Waals surface area contributed by atoms with Gasteiger partial charge in [0, 0.05) is 29.8 Å². The summed E-state index contributed by atoms with van der Waals surface area (Å²) in [5.74, 6) is 0.340. The molecule has 2 atom stereocenters. The number of H-pyrrole nitrogens is 1. The first kappa shape index (κ1) is 27.4. The zero-order valence-corrected chi connectivity index (χ0v) is 23.4. The molecule has 4 aromatic rings. The summed E-state index contributed by atoms with van der Waals surface area (Å²) in [4.78, 5) is 50.2. The van der Waals surface area contributed by atoms with E-state index in [-0.39, 0.29) is 47.0 Å². The second-order valence-electron chi connectivity index (χ2n) is 9.48. The maximum absolute atomic E-state index is 14.0. The molecule has 13 heteroatoms. The first-order valence-electron chi connectivity index (χ1n) is 12.5. The van der Waals surface area contributed by atoms with E-state index in [2.05, 4.69) is 25.8 Å². The summed E-state index contributed by atoms with van der Waals surface area (Å²) in [6.07, 6.45) is 1.70. The average molecular weight is 581 g/mol. The van der Waals surface area contributed by atoms with Crippen molar-refractivity contribution in [3.63, 3.8) is 0 Å². The summed E-state index contributed by atoms with van der Waals surface area (Å²) in [5.41, 5.74) is 2.12. The molecule has 3 N–H and O–H groups in total. The number of benzene rings is 2. The molecule has 206 valence electrons. The number of carbonyl (C=O) groups is 2. The number of aromatic nitrogens is 5. The monoisotopic (exact) mass is 580 g/mol. The van der Waals surface area contributed by atoms with Crippen molar-refractivity contribution in [1.29, 1.82) is 0 Å². The lowest BCUT2D eigenvalue weighted by Gasteiger charge is -2.35. The van der Waals surface area contributed by atoms with Crippen LogP contribution in [0.4, 0.5) is 5.95 Å². The molecular formula is C27H26Cl2N8O3. The van der Waals surface area contributed by atoms with E-state index >= 15 is 0 Å². The smallest absolute Gasteiger partial charge is 0.263 e. The summed E-state index contributed by atoms with van der Waals surface area (Å²) in [7, 11) is 1.55. The standard InChI is InChI=1S/C27H26Cl2N8O3/c1-14-10-19-22(12-36(14)25(39)17-6-9-20(28)21(29)11-17)34-27(33-15(2)23-31-13-32-35-23)37(26(19)40)18-7-4-16(5-8-18)24(38)30-3/h4-9,11,13-15H,10,12H2,1-3H3,(H,30,38)(H,33,34)(H,31,32,35)/t14-,15-/m1/s1. The fourth-order valence-corrected chi connectivity index (χ4v) is 4.95. The van der Waals surface area contributed by atoms with Gasteiger partial charge in [0.15, 0.2) is 0 Å². The molecule has 1 aliphatic heterocycles. The van der Waals surface area contributed by atoms with Crippen LogP contribution in [0.5, 0.6) is 0 Å². The minimum atomic E-state index is -0.375. The SMILES string of the molecule is CNC(=O)c1ccc(-n2c(N[C@H](C)c3ncn[nH]3)nc3c(c2=O)C[C@@H](C)N(C(=O)c2ccc(Cl)c(Cl)c2)C3)cc1. The molecule has 0 radical (unpaired) electrons. The third-order valence-corrected chi connectivity index (χ3v) is 7.58. The summed E-state index contributed by atoms with van der Waals surface area (Å²) in [6.45, 7) is 3.87.